The summed E-state index contributed by atoms with van der Waals surface area (Å²) in [5, 5.41) is 9.57. The Bertz CT molecular complexity index is 1270. The third-order valence-electron chi connectivity index (χ3n) is 5.57. The van der Waals surface area contributed by atoms with Gasteiger partial charge in [-0.05, 0) is 50.5 Å². The van der Waals surface area contributed by atoms with Crippen molar-refractivity contribution in [1.29, 1.82) is 0 Å². The zero-order valence-electron chi connectivity index (χ0n) is 19.4. The number of carbonyl (C=O) groups is 1. The predicted octanol–water partition coefficient (Wildman–Crippen LogP) is 6.13. The van der Waals surface area contributed by atoms with Crippen LogP contribution in [0.5, 0.6) is 0 Å². The van der Waals surface area contributed by atoms with Crippen molar-refractivity contribution in [2.45, 2.75) is 47.5 Å². The van der Waals surface area contributed by atoms with E-state index < -0.39 is 0 Å². The number of ketones is 1. The number of hydrogen-bond acceptors (Lipinski definition) is 5. The molecule has 0 aliphatic heterocycles. The first kappa shape index (κ1) is 23.5. The lowest BCUT2D eigenvalue weighted by atomic mass is 9.92. The number of halogens is 1. The van der Waals surface area contributed by atoms with Crippen molar-refractivity contribution in [3.63, 3.8) is 0 Å². The summed E-state index contributed by atoms with van der Waals surface area (Å²) in [5.74, 6) is 0.787. The van der Waals surface area contributed by atoms with Gasteiger partial charge in [-0.1, -0.05) is 37.1 Å². The molecule has 0 bridgehead atoms. The van der Waals surface area contributed by atoms with Crippen LogP contribution in [0.4, 0.5) is 0 Å². The van der Waals surface area contributed by atoms with E-state index in [1.54, 1.807) is 18.6 Å². The maximum atomic E-state index is 12.6. The lowest BCUT2D eigenvalue weighted by Crippen LogP contribution is -2.04. The molecule has 7 heteroatoms. The van der Waals surface area contributed by atoms with Crippen molar-refractivity contribution in [2.24, 2.45) is 7.05 Å². The van der Waals surface area contributed by atoms with Gasteiger partial charge < -0.3 is 4.57 Å². The van der Waals surface area contributed by atoms with Gasteiger partial charge in [-0.2, -0.15) is 0 Å². The quantitative estimate of drug-likeness (QED) is 0.246. The van der Waals surface area contributed by atoms with Crippen LogP contribution in [0.25, 0.3) is 28.0 Å². The Labute approximate surface area is 193 Å². The summed E-state index contributed by atoms with van der Waals surface area (Å²) in [6, 6.07) is 3.78. The van der Waals surface area contributed by atoms with Crippen molar-refractivity contribution in [2.75, 3.05) is 0 Å². The SMILES string of the molecule is C\C=C(/C(C)=C\C(C(=O)CC)=C(/C)CC)c1cc2cnc(Cl)cc2nc1-c1nncn1C. The summed E-state index contributed by atoms with van der Waals surface area (Å²) < 4.78 is 1.83. The largest absolute Gasteiger partial charge is 0.315 e. The highest BCUT2D eigenvalue weighted by atomic mass is 35.5. The average molecular weight is 450 g/mol. The lowest BCUT2D eigenvalue weighted by Gasteiger charge is -2.15. The minimum absolute atomic E-state index is 0.142. The number of nitrogens with zero attached hydrogens (tertiary/aromatic N) is 5. The molecule has 0 fully saturated rings. The lowest BCUT2D eigenvalue weighted by molar-refractivity contribution is -0.115. The van der Waals surface area contributed by atoms with Crippen molar-refractivity contribution in [3.8, 4) is 11.5 Å². The molecule has 6 nitrogen and oxygen atoms in total. The Morgan fingerprint density at radius 2 is 1.94 bits per heavy atom. The van der Waals surface area contributed by atoms with Gasteiger partial charge in [0.25, 0.3) is 0 Å². The van der Waals surface area contributed by atoms with Gasteiger partial charge in [0.15, 0.2) is 11.6 Å². The van der Waals surface area contributed by atoms with Gasteiger partial charge >= 0.3 is 0 Å². The maximum Gasteiger partial charge on any atom is 0.182 e. The number of carbonyl (C=O) groups excluding carboxylic acids is 1. The van der Waals surface area contributed by atoms with Gasteiger partial charge in [-0.25, -0.2) is 9.97 Å². The van der Waals surface area contributed by atoms with Crippen LogP contribution in [-0.4, -0.2) is 30.5 Å². The standard InChI is InChI=1S/C25H28ClN5O/c1-7-15(4)19(22(32)9-3)10-16(5)18(8-2)20-11-17-13-27-23(26)12-21(17)29-24(20)25-30-28-14-31(25)6/h8,10-14H,7,9H2,1-6H3/b16-10-,18-8+,19-15-. The highest BCUT2D eigenvalue weighted by Gasteiger charge is 2.19. The topological polar surface area (TPSA) is 73.6 Å². The van der Waals surface area contributed by atoms with Gasteiger partial charge in [-0.3, -0.25) is 4.79 Å². The van der Waals surface area contributed by atoms with Gasteiger partial charge in [0.1, 0.15) is 17.2 Å². The van der Waals surface area contributed by atoms with Gasteiger partial charge in [-0.15, -0.1) is 10.2 Å². The Hall–Kier alpha value is -3.12. The molecule has 0 aromatic carbocycles. The molecule has 3 heterocycles. The number of pyridine rings is 2. The number of allylic oxidation sites excluding steroid dienone is 6. The van der Waals surface area contributed by atoms with Crippen LogP contribution in [0.2, 0.25) is 5.15 Å². The maximum absolute atomic E-state index is 12.6. The molecule has 3 aromatic rings. The van der Waals surface area contributed by atoms with Crippen LogP contribution in [0.3, 0.4) is 0 Å². The van der Waals surface area contributed by atoms with E-state index in [0.29, 0.717) is 23.1 Å². The minimum atomic E-state index is 0.142. The number of aromatic nitrogens is 5. The van der Waals surface area contributed by atoms with E-state index in [2.05, 4.69) is 22.1 Å². The summed E-state index contributed by atoms with van der Waals surface area (Å²) >= 11 is 6.11. The van der Waals surface area contributed by atoms with E-state index >= 15 is 0 Å². The molecule has 0 atom stereocenters. The summed E-state index contributed by atoms with van der Waals surface area (Å²) in [7, 11) is 1.88. The zero-order valence-corrected chi connectivity index (χ0v) is 20.2. The van der Waals surface area contributed by atoms with Gasteiger partial charge in [0.05, 0.1) is 5.52 Å². The van der Waals surface area contributed by atoms with E-state index in [9.17, 15) is 4.79 Å². The van der Waals surface area contributed by atoms with E-state index in [-0.39, 0.29) is 5.78 Å². The molecule has 0 spiro atoms. The molecule has 0 saturated carbocycles. The number of fused-ring (bicyclic) bond motifs is 1. The fourth-order valence-electron chi connectivity index (χ4n) is 3.63. The highest BCUT2D eigenvalue weighted by molar-refractivity contribution is 6.30. The second-order valence-electron chi connectivity index (χ2n) is 7.70. The smallest absolute Gasteiger partial charge is 0.182 e. The Morgan fingerprint density at radius 1 is 1.19 bits per heavy atom. The second kappa shape index (κ2) is 10.0. The molecule has 0 unspecified atom stereocenters. The number of aryl methyl sites for hydroxylation is 1. The Balaban J connectivity index is 2.27. The van der Waals surface area contributed by atoms with Gasteiger partial charge in [0, 0.05) is 42.3 Å². The summed E-state index contributed by atoms with van der Waals surface area (Å²) in [5.41, 5.74) is 6.12. The van der Waals surface area contributed by atoms with Crippen LogP contribution in [-0.2, 0) is 11.8 Å². The Kier molecular flexibility index (Phi) is 7.36. The van der Waals surface area contributed by atoms with Crippen molar-refractivity contribution in [1.82, 2.24) is 24.7 Å². The molecule has 3 rings (SSSR count). The first-order chi connectivity index (χ1) is 15.3. The van der Waals surface area contributed by atoms with E-state index in [4.69, 9.17) is 16.6 Å². The third kappa shape index (κ3) is 4.70. The summed E-state index contributed by atoms with van der Waals surface area (Å²) in [6.07, 6.45) is 8.68. The van der Waals surface area contributed by atoms with Crippen LogP contribution in [0.1, 0.15) is 53.0 Å². The fraction of sp³-hybridized carbons (Fsp3) is 0.320. The number of rotatable bonds is 7. The van der Waals surface area contributed by atoms with Crippen LogP contribution < -0.4 is 0 Å². The molecule has 0 aliphatic rings. The van der Waals surface area contributed by atoms with Gasteiger partial charge in [0.2, 0.25) is 0 Å². The van der Waals surface area contributed by atoms with Crippen molar-refractivity contribution in [3.05, 3.63) is 64.2 Å². The molecule has 166 valence electrons. The monoisotopic (exact) mass is 449 g/mol. The first-order valence-electron chi connectivity index (χ1n) is 10.7. The third-order valence-corrected chi connectivity index (χ3v) is 5.77. The van der Waals surface area contributed by atoms with Crippen molar-refractivity contribution < 1.29 is 4.79 Å². The van der Waals surface area contributed by atoms with E-state index in [1.165, 1.54) is 0 Å². The molecule has 32 heavy (non-hydrogen) atoms. The van der Waals surface area contributed by atoms with E-state index in [0.717, 1.165) is 45.2 Å². The first-order valence-corrected chi connectivity index (χ1v) is 11.1. The molecule has 0 aliphatic carbocycles. The summed E-state index contributed by atoms with van der Waals surface area (Å²) in [4.78, 5) is 21.7. The average Bonchev–Trinajstić information content (AvgIpc) is 3.22. The zero-order chi connectivity index (χ0) is 23.4. The predicted molar refractivity (Wildman–Crippen MR) is 130 cm³/mol. The molecule has 0 saturated heterocycles. The normalized spacial score (nSPS) is 13.5. The van der Waals surface area contributed by atoms with Crippen molar-refractivity contribution >= 4 is 33.9 Å². The summed E-state index contributed by atoms with van der Waals surface area (Å²) in [6.45, 7) is 9.97. The molecule has 3 aromatic heterocycles. The molecule has 0 amide bonds. The van der Waals surface area contributed by atoms with E-state index in [1.807, 2.05) is 57.5 Å². The molecular formula is C25H28ClN5O. The highest BCUT2D eigenvalue weighted by Crippen LogP contribution is 2.34. The Morgan fingerprint density at radius 3 is 2.53 bits per heavy atom. The van der Waals surface area contributed by atoms with Crippen LogP contribution >= 0.6 is 11.6 Å². The fourth-order valence-corrected chi connectivity index (χ4v) is 3.78. The second-order valence-corrected chi connectivity index (χ2v) is 8.09. The van der Waals surface area contributed by atoms with Crippen LogP contribution in [0.15, 0.2) is 53.5 Å². The van der Waals surface area contributed by atoms with Crippen LogP contribution in [0, 0.1) is 0 Å². The minimum Gasteiger partial charge on any atom is -0.315 e. The molecular weight excluding hydrogens is 422 g/mol. The molecule has 0 radical (unpaired) electrons. The number of hydrogen-bond donors (Lipinski definition) is 0. The number of Topliss-reactive ketones (excluding diaryl/α,β-unsaturated/α-hetero) is 1. The molecule has 0 N–H and O–H groups in total.